The van der Waals surface area contributed by atoms with Crippen molar-refractivity contribution in [3.05, 3.63) is 40.7 Å². The normalized spacial score (nSPS) is 18.7. The summed E-state index contributed by atoms with van der Waals surface area (Å²) < 4.78 is 5.89. The van der Waals surface area contributed by atoms with E-state index in [1.807, 2.05) is 31.2 Å². The Hall–Kier alpha value is -1.89. The first kappa shape index (κ1) is 23.3. The predicted octanol–water partition coefficient (Wildman–Crippen LogP) is 4.51. The molecule has 0 saturated carbocycles. The van der Waals surface area contributed by atoms with Crippen molar-refractivity contribution in [2.45, 2.75) is 52.0 Å². The summed E-state index contributed by atoms with van der Waals surface area (Å²) in [7, 11) is 0. The molecule has 4 rings (SSSR count). The van der Waals surface area contributed by atoms with Crippen LogP contribution in [0.25, 0.3) is 11.5 Å². The second-order valence-electron chi connectivity index (χ2n) is 9.13. The lowest BCUT2D eigenvalue weighted by Gasteiger charge is -2.31. The van der Waals surface area contributed by atoms with E-state index < -0.39 is 0 Å². The first-order valence-electron chi connectivity index (χ1n) is 12.0. The van der Waals surface area contributed by atoms with Gasteiger partial charge in [-0.2, -0.15) is 0 Å². The van der Waals surface area contributed by atoms with Gasteiger partial charge in [-0.1, -0.05) is 18.0 Å². The van der Waals surface area contributed by atoms with Crippen LogP contribution in [0.1, 0.15) is 50.0 Å². The first-order chi connectivity index (χ1) is 15.6. The maximum atomic E-state index is 12.6. The molecule has 1 amide bonds. The van der Waals surface area contributed by atoms with Crippen LogP contribution < -0.4 is 5.32 Å². The molecule has 1 aromatic heterocycles. The van der Waals surface area contributed by atoms with Crippen LogP contribution in [0.2, 0.25) is 5.02 Å². The molecule has 0 aliphatic carbocycles. The standard InChI is InChI=1S/C25H35ClN4O2/c1-19-23(28-25(32-19)21-6-8-22(26)9-7-21)18-30-16-10-20(11-17-30)24(31)27-12-5-15-29-13-3-2-4-14-29/h6-9,20H,2-5,10-18H2,1H3,(H,27,31). The zero-order valence-electron chi connectivity index (χ0n) is 19.1. The number of hydrogen-bond donors (Lipinski definition) is 1. The average Bonchev–Trinajstić information content (AvgIpc) is 3.18. The highest BCUT2D eigenvalue weighted by molar-refractivity contribution is 6.30. The van der Waals surface area contributed by atoms with Crippen LogP contribution in [0.3, 0.4) is 0 Å². The topological polar surface area (TPSA) is 61.6 Å². The number of nitrogens with zero attached hydrogens (tertiary/aromatic N) is 3. The van der Waals surface area contributed by atoms with E-state index in [2.05, 4.69) is 15.1 Å². The SMILES string of the molecule is Cc1oc(-c2ccc(Cl)cc2)nc1CN1CCC(C(=O)NCCCN2CCCCC2)CC1. The molecule has 0 bridgehead atoms. The van der Waals surface area contributed by atoms with E-state index in [9.17, 15) is 4.79 Å². The van der Waals surface area contributed by atoms with Gasteiger partial charge in [-0.15, -0.1) is 0 Å². The highest BCUT2D eigenvalue weighted by Crippen LogP contribution is 2.25. The number of rotatable bonds is 8. The Morgan fingerprint density at radius 2 is 1.81 bits per heavy atom. The van der Waals surface area contributed by atoms with Gasteiger partial charge in [0.2, 0.25) is 11.8 Å². The van der Waals surface area contributed by atoms with E-state index in [0.717, 1.165) is 69.0 Å². The van der Waals surface area contributed by atoms with E-state index in [1.54, 1.807) is 0 Å². The number of oxazole rings is 1. The second kappa shape index (κ2) is 11.3. The lowest BCUT2D eigenvalue weighted by Crippen LogP contribution is -2.41. The van der Waals surface area contributed by atoms with E-state index in [1.165, 1.54) is 32.4 Å². The summed E-state index contributed by atoms with van der Waals surface area (Å²) in [4.78, 5) is 22.2. The number of aromatic nitrogens is 1. The van der Waals surface area contributed by atoms with E-state index in [4.69, 9.17) is 21.0 Å². The Balaban J connectivity index is 1.18. The van der Waals surface area contributed by atoms with Gasteiger partial charge in [0.05, 0.1) is 5.69 Å². The highest BCUT2D eigenvalue weighted by Gasteiger charge is 2.26. The molecule has 2 aromatic rings. The van der Waals surface area contributed by atoms with Gasteiger partial charge in [0.1, 0.15) is 5.76 Å². The Labute approximate surface area is 196 Å². The van der Waals surface area contributed by atoms with Crippen molar-refractivity contribution in [2.75, 3.05) is 39.3 Å². The number of hydrogen-bond acceptors (Lipinski definition) is 5. The molecular weight excluding hydrogens is 424 g/mol. The number of piperidine rings is 2. The lowest BCUT2D eigenvalue weighted by atomic mass is 9.95. The number of carbonyl (C=O) groups excluding carboxylic acids is 1. The summed E-state index contributed by atoms with van der Waals surface area (Å²) >= 11 is 5.98. The van der Waals surface area contributed by atoms with Gasteiger partial charge in [-0.05, 0) is 96.0 Å². The molecule has 6 nitrogen and oxygen atoms in total. The molecule has 1 aromatic carbocycles. The number of halogens is 1. The van der Waals surface area contributed by atoms with Gasteiger partial charge < -0.3 is 14.6 Å². The zero-order chi connectivity index (χ0) is 22.3. The molecule has 174 valence electrons. The fourth-order valence-corrected chi connectivity index (χ4v) is 4.82. The zero-order valence-corrected chi connectivity index (χ0v) is 19.9. The number of benzene rings is 1. The van der Waals surface area contributed by atoms with Crippen LogP contribution in [0.5, 0.6) is 0 Å². The molecule has 2 fully saturated rings. The van der Waals surface area contributed by atoms with E-state index in [-0.39, 0.29) is 11.8 Å². The molecule has 2 saturated heterocycles. The fourth-order valence-electron chi connectivity index (χ4n) is 4.70. The maximum absolute atomic E-state index is 12.6. The van der Waals surface area contributed by atoms with Crippen molar-refractivity contribution in [1.82, 2.24) is 20.1 Å². The summed E-state index contributed by atoms with van der Waals surface area (Å²) in [6.45, 7) is 8.88. The van der Waals surface area contributed by atoms with Crippen LogP contribution in [-0.4, -0.2) is 60.0 Å². The second-order valence-corrected chi connectivity index (χ2v) is 9.56. The minimum atomic E-state index is 0.129. The smallest absolute Gasteiger partial charge is 0.226 e. The minimum Gasteiger partial charge on any atom is -0.441 e. The maximum Gasteiger partial charge on any atom is 0.226 e. The number of likely N-dealkylation sites (tertiary alicyclic amines) is 2. The summed E-state index contributed by atoms with van der Waals surface area (Å²) in [5.74, 6) is 1.84. The fraction of sp³-hybridized carbons (Fsp3) is 0.600. The minimum absolute atomic E-state index is 0.129. The van der Waals surface area contributed by atoms with Crippen LogP contribution in [0.15, 0.2) is 28.7 Å². The lowest BCUT2D eigenvalue weighted by molar-refractivity contribution is -0.126. The van der Waals surface area contributed by atoms with Crippen molar-refractivity contribution >= 4 is 17.5 Å². The molecule has 0 radical (unpaired) electrons. The van der Waals surface area contributed by atoms with Gasteiger partial charge in [0.15, 0.2) is 0 Å². The molecule has 0 spiro atoms. The van der Waals surface area contributed by atoms with Gasteiger partial charge in [0.25, 0.3) is 0 Å². The molecule has 1 N–H and O–H groups in total. The van der Waals surface area contributed by atoms with Crippen molar-refractivity contribution in [1.29, 1.82) is 0 Å². The van der Waals surface area contributed by atoms with Crippen molar-refractivity contribution in [3.8, 4) is 11.5 Å². The van der Waals surface area contributed by atoms with E-state index >= 15 is 0 Å². The molecule has 2 aliphatic heterocycles. The summed E-state index contributed by atoms with van der Waals surface area (Å²) in [6, 6.07) is 7.54. The number of carbonyl (C=O) groups is 1. The van der Waals surface area contributed by atoms with Crippen LogP contribution >= 0.6 is 11.6 Å². The third kappa shape index (κ3) is 6.33. The Kier molecular flexibility index (Phi) is 8.22. The molecule has 0 atom stereocenters. The summed E-state index contributed by atoms with van der Waals surface area (Å²) in [5, 5.41) is 3.87. The molecule has 2 aliphatic rings. The quantitative estimate of drug-likeness (QED) is 0.590. The monoisotopic (exact) mass is 458 g/mol. The number of aryl methyl sites for hydroxylation is 1. The average molecular weight is 459 g/mol. The van der Waals surface area contributed by atoms with Crippen LogP contribution in [0.4, 0.5) is 0 Å². The van der Waals surface area contributed by atoms with Gasteiger partial charge in [-0.25, -0.2) is 4.98 Å². The summed E-state index contributed by atoms with van der Waals surface area (Å²) in [5.41, 5.74) is 1.90. The predicted molar refractivity (Wildman–Crippen MR) is 128 cm³/mol. The van der Waals surface area contributed by atoms with Crippen molar-refractivity contribution < 1.29 is 9.21 Å². The van der Waals surface area contributed by atoms with Crippen LogP contribution in [0, 0.1) is 12.8 Å². The largest absolute Gasteiger partial charge is 0.441 e. The van der Waals surface area contributed by atoms with Gasteiger partial charge in [0, 0.05) is 29.6 Å². The van der Waals surface area contributed by atoms with Crippen molar-refractivity contribution in [2.24, 2.45) is 5.92 Å². The third-order valence-electron chi connectivity index (χ3n) is 6.71. The highest BCUT2D eigenvalue weighted by atomic mass is 35.5. The Morgan fingerprint density at radius 1 is 1.09 bits per heavy atom. The van der Waals surface area contributed by atoms with Crippen LogP contribution in [-0.2, 0) is 11.3 Å². The van der Waals surface area contributed by atoms with Gasteiger partial charge >= 0.3 is 0 Å². The van der Waals surface area contributed by atoms with Gasteiger partial charge in [-0.3, -0.25) is 9.69 Å². The van der Waals surface area contributed by atoms with E-state index in [0.29, 0.717) is 10.9 Å². The number of nitrogens with one attached hydrogen (secondary N) is 1. The Morgan fingerprint density at radius 3 is 2.53 bits per heavy atom. The number of amides is 1. The first-order valence-corrected chi connectivity index (χ1v) is 12.4. The Bertz CT molecular complexity index is 869. The third-order valence-corrected chi connectivity index (χ3v) is 6.97. The molecule has 32 heavy (non-hydrogen) atoms. The molecule has 3 heterocycles. The molecule has 7 heteroatoms. The van der Waals surface area contributed by atoms with Crippen molar-refractivity contribution in [3.63, 3.8) is 0 Å². The molecule has 0 unspecified atom stereocenters. The summed E-state index contributed by atoms with van der Waals surface area (Å²) in [6.07, 6.45) is 6.86. The molecular formula is C25H35ClN4O2.